The van der Waals surface area contributed by atoms with Crippen LogP contribution in [0.5, 0.6) is 0 Å². The zero-order valence-electron chi connectivity index (χ0n) is 11.9. The van der Waals surface area contributed by atoms with Crippen molar-refractivity contribution in [3.8, 4) is 0 Å². The number of carbonyl (C=O) groups excluding carboxylic acids is 1. The summed E-state index contributed by atoms with van der Waals surface area (Å²) in [5, 5.41) is 25.1. The molecule has 0 aliphatic carbocycles. The standard InChI is InChI=1S/C15H20N2O4/c1-2-16-12(5-6-14(19)20)15(21)9-3-4-11-10(7-9)8-13(18)17-11/h3-4,7,12,15-16,21H,2,5-6,8H2,1H3,(H,17,18)(H,19,20). The lowest BCUT2D eigenvalue weighted by Gasteiger charge is -2.24. The highest BCUT2D eigenvalue weighted by atomic mass is 16.4. The SMILES string of the molecule is CCNC(CCC(=O)O)C(O)c1ccc2c(c1)CC(=O)N2. The number of carboxylic acids is 1. The molecule has 4 N–H and O–H groups in total. The number of aliphatic hydroxyl groups excluding tert-OH is 1. The molecule has 21 heavy (non-hydrogen) atoms. The van der Waals surface area contributed by atoms with Gasteiger partial charge in [-0.05, 0) is 30.2 Å². The maximum absolute atomic E-state index is 11.3. The summed E-state index contributed by atoms with van der Waals surface area (Å²) in [6.07, 6.45) is -0.139. The van der Waals surface area contributed by atoms with Gasteiger partial charge in [0.2, 0.25) is 5.91 Å². The van der Waals surface area contributed by atoms with E-state index in [4.69, 9.17) is 5.11 Å². The monoisotopic (exact) mass is 292 g/mol. The average Bonchev–Trinajstić information content (AvgIpc) is 2.81. The van der Waals surface area contributed by atoms with E-state index in [0.29, 0.717) is 24.9 Å². The molecule has 2 atom stereocenters. The number of carbonyl (C=O) groups is 2. The van der Waals surface area contributed by atoms with Crippen LogP contribution in [0.25, 0.3) is 0 Å². The van der Waals surface area contributed by atoms with Gasteiger partial charge in [-0.15, -0.1) is 0 Å². The van der Waals surface area contributed by atoms with E-state index in [0.717, 1.165) is 11.3 Å². The van der Waals surface area contributed by atoms with Crippen LogP contribution < -0.4 is 10.6 Å². The van der Waals surface area contributed by atoms with Crippen molar-refractivity contribution in [1.29, 1.82) is 0 Å². The van der Waals surface area contributed by atoms with Crippen molar-refractivity contribution in [3.63, 3.8) is 0 Å². The fraction of sp³-hybridized carbons (Fsp3) is 0.467. The van der Waals surface area contributed by atoms with Crippen LogP contribution >= 0.6 is 0 Å². The highest BCUT2D eigenvalue weighted by Crippen LogP contribution is 2.28. The third-order valence-electron chi connectivity index (χ3n) is 3.61. The number of anilines is 1. The minimum atomic E-state index is -0.881. The number of hydrogen-bond donors (Lipinski definition) is 4. The lowest BCUT2D eigenvalue weighted by molar-refractivity contribution is -0.137. The summed E-state index contributed by atoms with van der Waals surface area (Å²) in [6.45, 7) is 2.55. The molecular formula is C15H20N2O4. The predicted molar refractivity (Wildman–Crippen MR) is 78.1 cm³/mol. The van der Waals surface area contributed by atoms with Gasteiger partial charge in [-0.3, -0.25) is 9.59 Å². The van der Waals surface area contributed by atoms with Crippen LogP contribution in [-0.4, -0.2) is 34.7 Å². The number of amides is 1. The molecule has 0 aromatic heterocycles. The van der Waals surface area contributed by atoms with E-state index in [2.05, 4.69) is 10.6 Å². The van der Waals surface area contributed by atoms with E-state index >= 15 is 0 Å². The molecule has 0 bridgehead atoms. The molecule has 0 fully saturated rings. The number of aliphatic carboxylic acids is 1. The van der Waals surface area contributed by atoms with E-state index < -0.39 is 12.1 Å². The van der Waals surface area contributed by atoms with Crippen LogP contribution in [0.1, 0.15) is 37.0 Å². The van der Waals surface area contributed by atoms with Crippen molar-refractivity contribution in [1.82, 2.24) is 5.32 Å². The molecule has 1 aliphatic heterocycles. The Balaban J connectivity index is 2.12. The number of benzene rings is 1. The van der Waals surface area contributed by atoms with Crippen molar-refractivity contribution in [2.24, 2.45) is 0 Å². The van der Waals surface area contributed by atoms with E-state index in [9.17, 15) is 14.7 Å². The fourth-order valence-electron chi connectivity index (χ4n) is 2.58. The summed E-state index contributed by atoms with van der Waals surface area (Å²) in [7, 11) is 0. The summed E-state index contributed by atoms with van der Waals surface area (Å²) in [5.41, 5.74) is 2.34. The number of fused-ring (bicyclic) bond motifs is 1. The Morgan fingerprint density at radius 3 is 2.90 bits per heavy atom. The van der Waals surface area contributed by atoms with Crippen LogP contribution in [0.15, 0.2) is 18.2 Å². The minimum Gasteiger partial charge on any atom is -0.481 e. The Bertz CT molecular complexity index is 544. The van der Waals surface area contributed by atoms with E-state index in [1.807, 2.05) is 13.0 Å². The number of carboxylic acid groups (broad SMARTS) is 1. The van der Waals surface area contributed by atoms with Gasteiger partial charge in [0.15, 0.2) is 0 Å². The number of hydrogen-bond acceptors (Lipinski definition) is 4. The lowest BCUT2D eigenvalue weighted by Crippen LogP contribution is -2.35. The Morgan fingerprint density at radius 2 is 2.24 bits per heavy atom. The van der Waals surface area contributed by atoms with Gasteiger partial charge in [0.1, 0.15) is 0 Å². The molecule has 1 aromatic carbocycles. The van der Waals surface area contributed by atoms with Crippen molar-refractivity contribution in [2.45, 2.75) is 38.3 Å². The van der Waals surface area contributed by atoms with Crippen LogP contribution in [0.4, 0.5) is 5.69 Å². The number of nitrogens with one attached hydrogen (secondary N) is 2. The van der Waals surface area contributed by atoms with E-state index in [-0.39, 0.29) is 18.4 Å². The molecule has 1 aliphatic rings. The van der Waals surface area contributed by atoms with Gasteiger partial charge in [0.25, 0.3) is 0 Å². The maximum Gasteiger partial charge on any atom is 0.303 e. The van der Waals surface area contributed by atoms with E-state index in [1.54, 1.807) is 12.1 Å². The third-order valence-corrected chi connectivity index (χ3v) is 3.61. The number of likely N-dealkylation sites (N-methyl/N-ethyl adjacent to an activating group) is 1. The smallest absolute Gasteiger partial charge is 0.303 e. The van der Waals surface area contributed by atoms with Crippen molar-refractivity contribution >= 4 is 17.6 Å². The maximum atomic E-state index is 11.3. The average molecular weight is 292 g/mol. The first-order valence-electron chi connectivity index (χ1n) is 7.07. The second-order valence-corrected chi connectivity index (χ2v) is 5.18. The molecule has 0 spiro atoms. The first-order chi connectivity index (χ1) is 10.0. The quantitative estimate of drug-likeness (QED) is 0.602. The molecule has 2 unspecified atom stereocenters. The van der Waals surface area contributed by atoms with Crippen molar-refractivity contribution in [2.75, 3.05) is 11.9 Å². The Labute approximate surface area is 123 Å². The number of aliphatic hydroxyl groups is 1. The molecule has 2 rings (SSSR count). The number of rotatable bonds is 7. The topological polar surface area (TPSA) is 98.7 Å². The molecule has 1 amide bonds. The largest absolute Gasteiger partial charge is 0.481 e. The molecule has 114 valence electrons. The Morgan fingerprint density at radius 1 is 1.48 bits per heavy atom. The second kappa shape index (κ2) is 6.69. The molecule has 1 aromatic rings. The zero-order valence-corrected chi connectivity index (χ0v) is 11.9. The summed E-state index contributed by atoms with van der Waals surface area (Å²) in [4.78, 5) is 22.0. The normalized spacial score (nSPS) is 16.2. The summed E-state index contributed by atoms with van der Waals surface area (Å²) < 4.78 is 0. The van der Waals surface area contributed by atoms with Crippen LogP contribution in [0, 0.1) is 0 Å². The first-order valence-corrected chi connectivity index (χ1v) is 7.07. The van der Waals surface area contributed by atoms with Crippen molar-refractivity contribution in [3.05, 3.63) is 29.3 Å². The highest BCUT2D eigenvalue weighted by molar-refractivity contribution is 5.99. The van der Waals surface area contributed by atoms with Gasteiger partial charge in [-0.1, -0.05) is 19.1 Å². The fourth-order valence-corrected chi connectivity index (χ4v) is 2.58. The Kier molecular flexibility index (Phi) is 4.93. The molecule has 6 heteroatoms. The second-order valence-electron chi connectivity index (χ2n) is 5.18. The summed E-state index contributed by atoms with van der Waals surface area (Å²) in [5.74, 6) is -0.931. The molecule has 0 saturated heterocycles. The summed E-state index contributed by atoms with van der Waals surface area (Å²) in [6, 6.07) is 5.02. The molecular weight excluding hydrogens is 272 g/mol. The summed E-state index contributed by atoms with van der Waals surface area (Å²) >= 11 is 0. The van der Waals surface area contributed by atoms with Gasteiger partial charge in [0.05, 0.1) is 12.5 Å². The minimum absolute atomic E-state index is 0.000289. The lowest BCUT2D eigenvalue weighted by atomic mass is 9.96. The Hall–Kier alpha value is -1.92. The molecule has 0 radical (unpaired) electrons. The van der Waals surface area contributed by atoms with Gasteiger partial charge in [0, 0.05) is 18.2 Å². The molecule has 0 saturated carbocycles. The van der Waals surface area contributed by atoms with Crippen LogP contribution in [0.3, 0.4) is 0 Å². The van der Waals surface area contributed by atoms with E-state index in [1.165, 1.54) is 0 Å². The highest BCUT2D eigenvalue weighted by Gasteiger charge is 2.24. The molecule has 1 heterocycles. The van der Waals surface area contributed by atoms with Crippen LogP contribution in [-0.2, 0) is 16.0 Å². The zero-order chi connectivity index (χ0) is 15.4. The van der Waals surface area contributed by atoms with Crippen LogP contribution in [0.2, 0.25) is 0 Å². The van der Waals surface area contributed by atoms with Crippen molar-refractivity contribution < 1.29 is 19.8 Å². The van der Waals surface area contributed by atoms with Gasteiger partial charge in [-0.2, -0.15) is 0 Å². The predicted octanol–water partition coefficient (Wildman–Crippen LogP) is 1.06. The van der Waals surface area contributed by atoms with Gasteiger partial charge in [-0.25, -0.2) is 0 Å². The van der Waals surface area contributed by atoms with Gasteiger partial charge < -0.3 is 20.8 Å². The third kappa shape index (κ3) is 3.80. The van der Waals surface area contributed by atoms with Gasteiger partial charge >= 0.3 is 5.97 Å². The molecule has 6 nitrogen and oxygen atoms in total. The first kappa shape index (κ1) is 15.5.